The van der Waals surface area contributed by atoms with Gasteiger partial charge in [-0.1, -0.05) is 43.0 Å². The SMILES string of the molecule is C=CCOc1ccc2ccccc2c1/C=C/C(N)=O. The molecule has 2 rings (SSSR count). The van der Waals surface area contributed by atoms with E-state index < -0.39 is 5.91 Å². The second-order valence-corrected chi connectivity index (χ2v) is 4.03. The molecule has 96 valence electrons. The summed E-state index contributed by atoms with van der Waals surface area (Å²) in [4.78, 5) is 10.9. The van der Waals surface area contributed by atoms with Crippen LogP contribution >= 0.6 is 0 Å². The zero-order valence-electron chi connectivity index (χ0n) is 10.5. The lowest BCUT2D eigenvalue weighted by Crippen LogP contribution is -2.05. The minimum Gasteiger partial charge on any atom is -0.489 e. The minimum absolute atomic E-state index is 0.412. The first-order chi connectivity index (χ1) is 9.22. The van der Waals surface area contributed by atoms with E-state index in [1.54, 1.807) is 12.2 Å². The van der Waals surface area contributed by atoms with E-state index in [-0.39, 0.29) is 0 Å². The van der Waals surface area contributed by atoms with Gasteiger partial charge in [-0.2, -0.15) is 0 Å². The first kappa shape index (κ1) is 12.9. The lowest BCUT2D eigenvalue weighted by molar-refractivity contribution is -0.113. The van der Waals surface area contributed by atoms with Crippen molar-refractivity contribution in [3.63, 3.8) is 0 Å². The van der Waals surface area contributed by atoms with Gasteiger partial charge in [0.25, 0.3) is 0 Å². The van der Waals surface area contributed by atoms with Crippen molar-refractivity contribution in [2.24, 2.45) is 5.73 Å². The zero-order valence-corrected chi connectivity index (χ0v) is 10.5. The molecule has 0 bridgehead atoms. The molecule has 0 unspecified atom stereocenters. The summed E-state index contributed by atoms with van der Waals surface area (Å²) in [5.74, 6) is 0.221. The molecule has 0 aliphatic heterocycles. The van der Waals surface area contributed by atoms with Gasteiger partial charge in [-0.3, -0.25) is 4.79 Å². The average molecular weight is 253 g/mol. The Morgan fingerprint density at radius 1 is 1.26 bits per heavy atom. The molecule has 0 atom stereocenters. The molecule has 2 aromatic rings. The van der Waals surface area contributed by atoms with Gasteiger partial charge in [0.05, 0.1) is 0 Å². The summed E-state index contributed by atoms with van der Waals surface area (Å²) in [6, 6.07) is 11.8. The third-order valence-corrected chi connectivity index (χ3v) is 2.70. The second-order valence-electron chi connectivity index (χ2n) is 4.03. The summed E-state index contributed by atoms with van der Waals surface area (Å²) in [7, 11) is 0. The van der Waals surface area contributed by atoms with Gasteiger partial charge >= 0.3 is 0 Å². The molecule has 0 saturated heterocycles. The normalized spacial score (nSPS) is 10.7. The number of carbonyl (C=O) groups is 1. The van der Waals surface area contributed by atoms with Crippen LogP contribution in [0.4, 0.5) is 0 Å². The molecule has 2 N–H and O–H groups in total. The summed E-state index contributed by atoms with van der Waals surface area (Å²) in [5, 5.41) is 2.10. The van der Waals surface area contributed by atoms with Crippen LogP contribution in [-0.4, -0.2) is 12.5 Å². The highest BCUT2D eigenvalue weighted by atomic mass is 16.5. The summed E-state index contributed by atoms with van der Waals surface area (Å²) in [6.45, 7) is 4.04. The maximum Gasteiger partial charge on any atom is 0.241 e. The molecule has 3 heteroatoms. The van der Waals surface area contributed by atoms with Crippen LogP contribution < -0.4 is 10.5 Å². The van der Waals surface area contributed by atoms with Gasteiger partial charge in [0, 0.05) is 11.6 Å². The largest absolute Gasteiger partial charge is 0.489 e. The third kappa shape index (κ3) is 3.01. The number of nitrogens with two attached hydrogens (primary N) is 1. The Balaban J connectivity index is 2.57. The molecule has 0 radical (unpaired) electrons. The van der Waals surface area contributed by atoms with Crippen molar-refractivity contribution in [2.45, 2.75) is 0 Å². The Morgan fingerprint density at radius 3 is 2.79 bits per heavy atom. The monoisotopic (exact) mass is 253 g/mol. The summed E-state index contributed by atoms with van der Waals surface area (Å²) in [6.07, 6.45) is 4.70. The highest BCUT2D eigenvalue weighted by Crippen LogP contribution is 2.29. The van der Waals surface area contributed by atoms with E-state index in [0.29, 0.717) is 12.4 Å². The van der Waals surface area contributed by atoms with Crippen molar-refractivity contribution in [2.75, 3.05) is 6.61 Å². The number of hydrogen-bond acceptors (Lipinski definition) is 2. The van der Waals surface area contributed by atoms with Gasteiger partial charge < -0.3 is 10.5 Å². The van der Waals surface area contributed by atoms with Crippen molar-refractivity contribution in [1.82, 2.24) is 0 Å². The van der Waals surface area contributed by atoms with Gasteiger partial charge in [0.1, 0.15) is 12.4 Å². The molecule has 0 spiro atoms. The second kappa shape index (κ2) is 5.87. The fourth-order valence-corrected chi connectivity index (χ4v) is 1.89. The number of primary amides is 1. The van der Waals surface area contributed by atoms with E-state index in [1.165, 1.54) is 6.08 Å². The van der Waals surface area contributed by atoms with Crippen LogP contribution in [-0.2, 0) is 4.79 Å². The van der Waals surface area contributed by atoms with E-state index in [4.69, 9.17) is 10.5 Å². The molecule has 3 nitrogen and oxygen atoms in total. The van der Waals surface area contributed by atoms with Gasteiger partial charge in [-0.15, -0.1) is 0 Å². The highest BCUT2D eigenvalue weighted by molar-refractivity contribution is 5.97. The van der Waals surface area contributed by atoms with Crippen LogP contribution in [0.5, 0.6) is 5.75 Å². The number of hydrogen-bond donors (Lipinski definition) is 1. The van der Waals surface area contributed by atoms with Crippen LogP contribution in [0.1, 0.15) is 5.56 Å². The van der Waals surface area contributed by atoms with Crippen molar-refractivity contribution in [3.8, 4) is 5.75 Å². The highest BCUT2D eigenvalue weighted by Gasteiger charge is 2.06. The molecular formula is C16H15NO2. The maximum atomic E-state index is 10.9. The van der Waals surface area contributed by atoms with Crippen LogP contribution in [0.25, 0.3) is 16.8 Å². The van der Waals surface area contributed by atoms with Crippen molar-refractivity contribution >= 4 is 22.8 Å². The number of fused-ring (bicyclic) bond motifs is 1. The van der Waals surface area contributed by atoms with E-state index in [2.05, 4.69) is 6.58 Å². The fourth-order valence-electron chi connectivity index (χ4n) is 1.89. The van der Waals surface area contributed by atoms with Crippen LogP contribution in [0.15, 0.2) is 55.1 Å². The minimum atomic E-state index is -0.484. The molecule has 1 amide bonds. The Kier molecular flexibility index (Phi) is 3.98. The third-order valence-electron chi connectivity index (χ3n) is 2.70. The Bertz CT molecular complexity index is 644. The number of carbonyl (C=O) groups excluding carboxylic acids is 1. The molecule has 0 saturated carbocycles. The summed E-state index contributed by atoms with van der Waals surface area (Å²) in [5.41, 5.74) is 6.00. The first-order valence-electron chi connectivity index (χ1n) is 5.95. The predicted octanol–water partition coefficient (Wildman–Crippen LogP) is 2.90. The molecule has 0 aromatic heterocycles. The van der Waals surface area contributed by atoms with E-state index >= 15 is 0 Å². The van der Waals surface area contributed by atoms with Gasteiger partial charge in [0.15, 0.2) is 0 Å². The average Bonchev–Trinajstić information content (AvgIpc) is 2.42. The topological polar surface area (TPSA) is 52.3 Å². The number of amides is 1. The van der Waals surface area contributed by atoms with E-state index in [0.717, 1.165) is 16.3 Å². The Morgan fingerprint density at radius 2 is 2.05 bits per heavy atom. The quantitative estimate of drug-likeness (QED) is 0.658. The smallest absolute Gasteiger partial charge is 0.241 e. The maximum absolute atomic E-state index is 10.9. The standard InChI is InChI=1S/C16H15NO2/c1-2-11-19-15-9-7-12-5-3-4-6-13(12)14(15)8-10-16(17)18/h2-10H,1,11H2,(H2,17,18)/b10-8+. The van der Waals surface area contributed by atoms with Gasteiger partial charge in [-0.05, 0) is 22.9 Å². The molecule has 0 heterocycles. The van der Waals surface area contributed by atoms with Crippen LogP contribution in [0, 0.1) is 0 Å². The fraction of sp³-hybridized carbons (Fsp3) is 0.0625. The van der Waals surface area contributed by atoms with Crippen molar-refractivity contribution in [3.05, 3.63) is 60.7 Å². The van der Waals surface area contributed by atoms with E-state index in [9.17, 15) is 4.79 Å². The molecule has 0 aliphatic carbocycles. The molecular weight excluding hydrogens is 238 g/mol. The van der Waals surface area contributed by atoms with Crippen LogP contribution in [0.3, 0.4) is 0 Å². The van der Waals surface area contributed by atoms with Gasteiger partial charge in [-0.25, -0.2) is 0 Å². The predicted molar refractivity (Wildman–Crippen MR) is 77.9 cm³/mol. The lowest BCUT2D eigenvalue weighted by Gasteiger charge is -2.10. The zero-order chi connectivity index (χ0) is 13.7. The Labute approximate surface area is 112 Å². The number of rotatable bonds is 5. The van der Waals surface area contributed by atoms with Crippen molar-refractivity contribution < 1.29 is 9.53 Å². The van der Waals surface area contributed by atoms with Gasteiger partial charge in [0.2, 0.25) is 5.91 Å². The first-order valence-corrected chi connectivity index (χ1v) is 5.95. The summed E-state index contributed by atoms with van der Waals surface area (Å²) < 4.78 is 5.61. The number of benzene rings is 2. The molecule has 0 aliphatic rings. The van der Waals surface area contributed by atoms with Crippen LogP contribution in [0.2, 0.25) is 0 Å². The Hall–Kier alpha value is -2.55. The molecule has 0 fully saturated rings. The van der Waals surface area contributed by atoms with E-state index in [1.807, 2.05) is 36.4 Å². The lowest BCUT2D eigenvalue weighted by atomic mass is 10.0. The molecule has 19 heavy (non-hydrogen) atoms. The van der Waals surface area contributed by atoms with Crippen molar-refractivity contribution in [1.29, 1.82) is 0 Å². The summed E-state index contributed by atoms with van der Waals surface area (Å²) >= 11 is 0. The number of ether oxygens (including phenoxy) is 1. The molecule has 2 aromatic carbocycles.